The SMILES string of the molecule is O=C1COc2ccc(S(O)(O)N3CCOCC3)cc2N1. The van der Waals surface area contributed by atoms with Gasteiger partial charge in [-0.1, -0.05) is 0 Å². The summed E-state index contributed by atoms with van der Waals surface area (Å²) in [6, 6.07) is 4.80. The molecule has 0 bridgehead atoms. The second-order valence-corrected chi connectivity index (χ2v) is 6.58. The number of amides is 1. The fourth-order valence-electron chi connectivity index (χ4n) is 2.18. The molecule has 0 aliphatic carbocycles. The van der Waals surface area contributed by atoms with E-state index in [9.17, 15) is 13.9 Å². The Hall–Kier alpha value is -1.32. The Bertz CT molecular complexity index is 531. The first-order valence-electron chi connectivity index (χ1n) is 6.25. The van der Waals surface area contributed by atoms with E-state index in [0.717, 1.165) is 0 Å². The van der Waals surface area contributed by atoms with E-state index in [1.54, 1.807) is 22.5 Å². The number of carbonyl (C=O) groups is 1. The average Bonchev–Trinajstić information content (AvgIpc) is 2.47. The minimum Gasteiger partial charge on any atom is -0.482 e. The van der Waals surface area contributed by atoms with Gasteiger partial charge in [0.25, 0.3) is 5.91 Å². The van der Waals surface area contributed by atoms with Crippen LogP contribution in [-0.4, -0.2) is 52.2 Å². The molecule has 20 heavy (non-hydrogen) atoms. The van der Waals surface area contributed by atoms with E-state index in [0.29, 0.717) is 42.6 Å². The second kappa shape index (κ2) is 5.23. The number of ether oxygens (including phenoxy) is 2. The van der Waals surface area contributed by atoms with Gasteiger partial charge in [-0.25, -0.2) is 0 Å². The standard InChI is InChI=1S/C12H16N2O5S/c15-12-8-19-11-2-1-9(7-10(11)13-12)20(16,17)14-3-5-18-6-4-14/h1-2,7,16-17H,3-6,8H2,(H,13,15). The Kier molecular flexibility index (Phi) is 3.57. The molecule has 1 saturated heterocycles. The van der Waals surface area contributed by atoms with Gasteiger partial charge in [0.2, 0.25) is 0 Å². The van der Waals surface area contributed by atoms with Crippen LogP contribution in [0.3, 0.4) is 0 Å². The highest BCUT2D eigenvalue weighted by atomic mass is 32.3. The van der Waals surface area contributed by atoms with Gasteiger partial charge in [0.15, 0.2) is 6.61 Å². The lowest BCUT2D eigenvalue weighted by Crippen LogP contribution is -2.38. The van der Waals surface area contributed by atoms with E-state index in [1.165, 1.54) is 0 Å². The Balaban J connectivity index is 1.89. The van der Waals surface area contributed by atoms with E-state index >= 15 is 0 Å². The zero-order valence-electron chi connectivity index (χ0n) is 10.7. The minimum absolute atomic E-state index is 0.0218. The topological polar surface area (TPSA) is 91.3 Å². The van der Waals surface area contributed by atoms with Gasteiger partial charge in [-0.05, 0) is 18.2 Å². The van der Waals surface area contributed by atoms with E-state index < -0.39 is 10.8 Å². The lowest BCUT2D eigenvalue weighted by Gasteiger charge is -2.44. The highest BCUT2D eigenvalue weighted by Gasteiger charge is 2.28. The first-order valence-corrected chi connectivity index (χ1v) is 7.75. The summed E-state index contributed by atoms with van der Waals surface area (Å²) >= 11 is 0. The number of nitrogens with one attached hydrogen (secondary N) is 1. The Labute approximate surface area is 118 Å². The van der Waals surface area contributed by atoms with Gasteiger partial charge in [0.05, 0.1) is 23.8 Å². The normalized spacial score (nSPS) is 20.8. The van der Waals surface area contributed by atoms with Crippen molar-refractivity contribution in [3.63, 3.8) is 0 Å². The highest BCUT2D eigenvalue weighted by molar-refractivity contribution is 8.22. The van der Waals surface area contributed by atoms with Crippen LogP contribution in [0.2, 0.25) is 0 Å². The quantitative estimate of drug-likeness (QED) is 0.764. The van der Waals surface area contributed by atoms with Crippen molar-refractivity contribution in [3.05, 3.63) is 18.2 Å². The van der Waals surface area contributed by atoms with E-state index in [1.807, 2.05) is 0 Å². The molecule has 1 fully saturated rings. The summed E-state index contributed by atoms with van der Waals surface area (Å²) in [7, 11) is -3.07. The number of carbonyl (C=O) groups excluding carboxylic acids is 1. The van der Waals surface area contributed by atoms with Gasteiger partial charge in [-0.15, -0.1) is 10.8 Å². The molecular formula is C12H16N2O5S. The number of fused-ring (bicyclic) bond motifs is 1. The zero-order valence-corrected chi connectivity index (χ0v) is 11.6. The molecule has 1 aromatic rings. The monoisotopic (exact) mass is 300 g/mol. The number of hydrogen-bond acceptors (Lipinski definition) is 6. The number of nitrogens with zero attached hydrogens (tertiary/aromatic N) is 1. The molecule has 0 spiro atoms. The summed E-state index contributed by atoms with van der Waals surface area (Å²) in [4.78, 5) is 11.7. The van der Waals surface area contributed by atoms with Gasteiger partial charge in [-0.3, -0.25) is 13.9 Å². The molecule has 0 aromatic heterocycles. The molecule has 0 radical (unpaired) electrons. The molecule has 0 atom stereocenters. The van der Waals surface area contributed by atoms with Gasteiger partial charge in [-0.2, -0.15) is 4.31 Å². The minimum atomic E-state index is -3.07. The van der Waals surface area contributed by atoms with Gasteiger partial charge in [0.1, 0.15) is 5.75 Å². The maximum atomic E-state index is 11.3. The van der Waals surface area contributed by atoms with E-state index in [-0.39, 0.29) is 12.5 Å². The Morgan fingerprint density at radius 1 is 1.25 bits per heavy atom. The molecule has 0 unspecified atom stereocenters. The maximum Gasteiger partial charge on any atom is 0.262 e. The van der Waals surface area contributed by atoms with Gasteiger partial charge < -0.3 is 14.8 Å². The van der Waals surface area contributed by atoms with Crippen molar-refractivity contribution >= 4 is 22.4 Å². The molecule has 0 saturated carbocycles. The Morgan fingerprint density at radius 2 is 2.00 bits per heavy atom. The number of hydrogen-bond donors (Lipinski definition) is 3. The third-order valence-corrected chi connectivity index (χ3v) is 5.20. The first-order chi connectivity index (χ1) is 9.57. The predicted octanol–water partition coefficient (Wildman–Crippen LogP) is 1.37. The molecule has 2 heterocycles. The summed E-state index contributed by atoms with van der Waals surface area (Å²) in [6.07, 6.45) is 0. The number of rotatable bonds is 2. The average molecular weight is 300 g/mol. The molecule has 2 aliphatic rings. The zero-order chi connectivity index (χ0) is 14.2. The van der Waals surface area contributed by atoms with Crippen molar-refractivity contribution in [1.82, 2.24) is 4.31 Å². The van der Waals surface area contributed by atoms with Crippen LogP contribution in [0, 0.1) is 0 Å². The van der Waals surface area contributed by atoms with Crippen molar-refractivity contribution in [2.24, 2.45) is 0 Å². The lowest BCUT2D eigenvalue weighted by molar-refractivity contribution is -0.118. The molecule has 110 valence electrons. The van der Waals surface area contributed by atoms with Crippen LogP contribution in [-0.2, 0) is 9.53 Å². The number of anilines is 1. The van der Waals surface area contributed by atoms with Crippen molar-refractivity contribution in [1.29, 1.82) is 0 Å². The molecule has 3 N–H and O–H groups in total. The molecule has 7 nitrogen and oxygen atoms in total. The third kappa shape index (κ3) is 2.48. The third-order valence-electron chi connectivity index (χ3n) is 3.23. The summed E-state index contributed by atoms with van der Waals surface area (Å²) in [5.41, 5.74) is 0.465. The number of benzene rings is 1. The van der Waals surface area contributed by atoms with Crippen molar-refractivity contribution in [2.45, 2.75) is 4.90 Å². The molecule has 8 heteroatoms. The van der Waals surface area contributed by atoms with Crippen molar-refractivity contribution < 1.29 is 23.4 Å². The van der Waals surface area contributed by atoms with E-state index in [4.69, 9.17) is 9.47 Å². The summed E-state index contributed by atoms with van der Waals surface area (Å²) in [5.74, 6) is 0.281. The molecular weight excluding hydrogens is 284 g/mol. The lowest BCUT2D eigenvalue weighted by atomic mass is 10.2. The summed E-state index contributed by atoms with van der Waals surface area (Å²) in [5, 5.41) is 2.66. The summed E-state index contributed by atoms with van der Waals surface area (Å²) < 4.78 is 32.9. The molecule has 2 aliphatic heterocycles. The van der Waals surface area contributed by atoms with Crippen LogP contribution in [0.1, 0.15) is 0 Å². The molecule has 3 rings (SSSR count). The highest BCUT2D eigenvalue weighted by Crippen LogP contribution is 2.53. The summed E-state index contributed by atoms with van der Waals surface area (Å²) in [6.45, 7) is 1.85. The van der Waals surface area contributed by atoms with Crippen molar-refractivity contribution in [3.8, 4) is 5.75 Å². The first kappa shape index (κ1) is 13.7. The van der Waals surface area contributed by atoms with Crippen LogP contribution in [0.4, 0.5) is 5.69 Å². The van der Waals surface area contributed by atoms with Gasteiger partial charge >= 0.3 is 0 Å². The predicted molar refractivity (Wildman–Crippen MR) is 74.1 cm³/mol. The van der Waals surface area contributed by atoms with E-state index in [2.05, 4.69) is 5.32 Å². The van der Waals surface area contributed by atoms with Crippen LogP contribution in [0.5, 0.6) is 5.75 Å². The molecule has 1 aromatic carbocycles. The molecule has 1 amide bonds. The fraction of sp³-hybridized carbons (Fsp3) is 0.417. The van der Waals surface area contributed by atoms with Crippen LogP contribution < -0.4 is 10.1 Å². The van der Waals surface area contributed by atoms with Crippen LogP contribution >= 0.6 is 10.8 Å². The van der Waals surface area contributed by atoms with Crippen molar-refractivity contribution in [2.75, 3.05) is 38.2 Å². The largest absolute Gasteiger partial charge is 0.482 e. The maximum absolute atomic E-state index is 11.3. The second-order valence-electron chi connectivity index (χ2n) is 4.56. The number of morpholine rings is 1. The smallest absolute Gasteiger partial charge is 0.262 e. The van der Waals surface area contributed by atoms with Crippen LogP contribution in [0.25, 0.3) is 0 Å². The fourth-order valence-corrected chi connectivity index (χ4v) is 3.67. The van der Waals surface area contributed by atoms with Crippen LogP contribution in [0.15, 0.2) is 23.1 Å². The van der Waals surface area contributed by atoms with Gasteiger partial charge in [0, 0.05) is 13.1 Å². The Morgan fingerprint density at radius 3 is 2.75 bits per heavy atom.